The van der Waals surface area contributed by atoms with E-state index in [4.69, 9.17) is 14.3 Å². The number of piperidine rings is 2. The summed E-state index contributed by atoms with van der Waals surface area (Å²) in [5.74, 6) is -0.323. The van der Waals surface area contributed by atoms with Gasteiger partial charge in [-0.05, 0) is 44.7 Å². The fourth-order valence-electron chi connectivity index (χ4n) is 5.73. The van der Waals surface area contributed by atoms with Crippen LogP contribution in [0.2, 0.25) is 0 Å². The number of ether oxygens (including phenoxy) is 3. The van der Waals surface area contributed by atoms with Crippen molar-refractivity contribution in [2.24, 2.45) is 0 Å². The van der Waals surface area contributed by atoms with E-state index in [0.29, 0.717) is 23.6 Å². The first-order valence-electron chi connectivity index (χ1n) is 14.6. The van der Waals surface area contributed by atoms with E-state index in [1.807, 2.05) is 17.5 Å². The summed E-state index contributed by atoms with van der Waals surface area (Å²) in [6, 6.07) is 4.49. The summed E-state index contributed by atoms with van der Waals surface area (Å²) in [7, 11) is 4.19. The van der Waals surface area contributed by atoms with Crippen LogP contribution in [0.25, 0.3) is 0 Å². The van der Waals surface area contributed by atoms with Crippen molar-refractivity contribution >= 4 is 64.8 Å². The predicted molar refractivity (Wildman–Crippen MR) is 182 cm³/mol. The molecule has 0 spiro atoms. The molecule has 4 atom stereocenters. The maximum absolute atomic E-state index is 13.7. The fourth-order valence-corrected chi connectivity index (χ4v) is 8.13. The molecule has 18 heteroatoms. The lowest BCUT2D eigenvalue weighted by molar-refractivity contribution is -0.203. The van der Waals surface area contributed by atoms with Crippen molar-refractivity contribution in [1.29, 1.82) is 0 Å². The number of hydrogen-bond acceptors (Lipinski definition) is 14. The number of piperazine rings is 2. The van der Waals surface area contributed by atoms with Gasteiger partial charge in [-0.3, -0.25) is 0 Å². The summed E-state index contributed by atoms with van der Waals surface area (Å²) >= 11 is 10.2. The van der Waals surface area contributed by atoms with E-state index in [-0.39, 0.29) is 23.8 Å². The number of anilines is 2. The number of aromatic nitrogens is 4. The Labute approximate surface area is 295 Å². The molecule has 252 valence electrons. The Kier molecular flexibility index (Phi) is 10.9. The van der Waals surface area contributed by atoms with E-state index in [1.54, 1.807) is 22.7 Å². The molecule has 10 rings (SSSR count). The normalized spacial score (nSPS) is 22.4. The lowest BCUT2D eigenvalue weighted by Gasteiger charge is -2.54. The maximum atomic E-state index is 13.7. The average molecular weight is 819 g/mol. The number of pyridine rings is 2. The predicted octanol–water partition coefficient (Wildman–Crippen LogP) is 5.40. The van der Waals surface area contributed by atoms with Gasteiger partial charge in [-0.25, -0.2) is 28.7 Å². The first-order valence-corrected chi connectivity index (χ1v) is 17.8. The van der Waals surface area contributed by atoms with Crippen LogP contribution < -0.4 is 34.2 Å². The zero-order valence-electron chi connectivity index (χ0n) is 25.6. The highest BCUT2D eigenvalue weighted by Gasteiger charge is 2.47. The molecule has 6 aliphatic heterocycles. The molecular formula is C29H32Br2F2N8O4S2. The number of rotatable bonds is 7. The Morgan fingerprint density at radius 1 is 0.702 bits per heavy atom. The zero-order chi connectivity index (χ0) is 33.1. The number of nitrogens with zero attached hydrogens (tertiary/aromatic N) is 7. The minimum Gasteiger partial charge on any atom is -0.495 e. The van der Waals surface area contributed by atoms with Crippen LogP contribution in [0.3, 0.4) is 0 Å². The highest BCUT2D eigenvalue weighted by atomic mass is 79.9. The number of halogens is 4. The molecule has 0 radical (unpaired) electrons. The van der Waals surface area contributed by atoms with E-state index >= 15 is 0 Å². The largest absolute Gasteiger partial charge is 0.495 e. The summed E-state index contributed by atoms with van der Waals surface area (Å²) in [4.78, 5) is 26.8. The number of thiazole rings is 2. The number of hydroxylamine groups is 2. The van der Waals surface area contributed by atoms with Crippen LogP contribution in [0.5, 0.6) is 23.3 Å². The standard InChI is InChI=1S/C14H14BrFN4O2S.C8H10BrN3S.C7H8FNO2/c1-21-13-11(16)3-10(4-17-13)22-20-8-2-9(20)7-19(6-8)14-18-5-12(15)23-14;9-7-2-10-8(13-7)12-3-5-1-6(4-12)11-5;1-10-5-3-6(8)7(11-2)9-4-5/h3-5,8-9H,2,6-7H2,1H3;2,5-6,11H,1,3-4H2;3-4H,1-2H3. The molecule has 0 aromatic carbocycles. The van der Waals surface area contributed by atoms with Crippen molar-refractivity contribution in [3.05, 3.63) is 56.1 Å². The van der Waals surface area contributed by atoms with Crippen molar-refractivity contribution in [1.82, 2.24) is 30.3 Å². The number of hydrogen-bond donors (Lipinski definition) is 1. The second-order valence-electron chi connectivity index (χ2n) is 11.0. The molecular weight excluding hydrogens is 786 g/mol. The van der Waals surface area contributed by atoms with E-state index in [9.17, 15) is 8.78 Å². The van der Waals surface area contributed by atoms with Crippen LogP contribution in [0, 0.1) is 11.6 Å². The Bertz CT molecular complexity index is 1640. The monoisotopic (exact) mass is 816 g/mol. The Balaban J connectivity index is 0.000000136. The van der Waals surface area contributed by atoms with Gasteiger partial charge in [0.05, 0.1) is 65.8 Å². The van der Waals surface area contributed by atoms with Crippen LogP contribution in [0.4, 0.5) is 19.0 Å². The molecule has 6 saturated heterocycles. The average Bonchev–Trinajstić information content (AvgIpc) is 3.72. The summed E-state index contributed by atoms with van der Waals surface area (Å²) in [5, 5.41) is 7.61. The van der Waals surface area contributed by atoms with Gasteiger partial charge in [0.2, 0.25) is 11.8 Å². The van der Waals surface area contributed by atoms with Gasteiger partial charge in [0.1, 0.15) is 5.75 Å². The maximum Gasteiger partial charge on any atom is 0.250 e. The number of nitrogens with one attached hydrogen (secondary N) is 1. The van der Waals surface area contributed by atoms with Crippen molar-refractivity contribution in [3.8, 4) is 23.3 Å². The van der Waals surface area contributed by atoms with Gasteiger partial charge in [0.25, 0.3) is 0 Å². The van der Waals surface area contributed by atoms with Crippen molar-refractivity contribution in [3.63, 3.8) is 0 Å². The van der Waals surface area contributed by atoms with Gasteiger partial charge < -0.3 is 34.2 Å². The Morgan fingerprint density at radius 3 is 1.64 bits per heavy atom. The van der Waals surface area contributed by atoms with Crippen molar-refractivity contribution in [2.45, 2.75) is 37.0 Å². The second-order valence-corrected chi connectivity index (χ2v) is 15.8. The minimum absolute atomic E-state index is 0.0224. The summed E-state index contributed by atoms with van der Waals surface area (Å²) in [6.45, 7) is 3.94. The number of fused-ring (bicyclic) bond motifs is 4. The zero-order valence-corrected chi connectivity index (χ0v) is 30.4. The molecule has 6 aliphatic rings. The second kappa shape index (κ2) is 15.1. The molecule has 1 N–H and O–H groups in total. The quantitative estimate of drug-likeness (QED) is 0.258. The number of methoxy groups -OCH3 is 3. The molecule has 0 amide bonds. The molecule has 4 bridgehead atoms. The third-order valence-electron chi connectivity index (χ3n) is 7.92. The van der Waals surface area contributed by atoms with Crippen LogP contribution in [0.15, 0.2) is 44.5 Å². The smallest absolute Gasteiger partial charge is 0.250 e. The van der Waals surface area contributed by atoms with E-state index in [0.717, 1.165) is 50.4 Å². The van der Waals surface area contributed by atoms with Gasteiger partial charge in [-0.2, -0.15) is 0 Å². The molecule has 12 nitrogen and oxygen atoms in total. The summed E-state index contributed by atoms with van der Waals surface area (Å²) < 4.78 is 42.8. The molecule has 10 heterocycles. The van der Waals surface area contributed by atoms with E-state index < -0.39 is 11.6 Å². The lowest BCUT2D eigenvalue weighted by Crippen LogP contribution is -2.69. The Hall–Kier alpha value is -2.90. The van der Waals surface area contributed by atoms with Gasteiger partial charge in [-0.1, -0.05) is 22.7 Å². The molecule has 6 fully saturated rings. The first-order chi connectivity index (χ1) is 22.7. The van der Waals surface area contributed by atoms with Crippen LogP contribution >= 0.6 is 54.5 Å². The third kappa shape index (κ3) is 8.05. The Morgan fingerprint density at radius 2 is 1.19 bits per heavy atom. The topological polar surface area (TPSA) is 110 Å². The van der Waals surface area contributed by atoms with Crippen LogP contribution in [-0.2, 0) is 0 Å². The molecule has 0 saturated carbocycles. The van der Waals surface area contributed by atoms with Gasteiger partial charge >= 0.3 is 0 Å². The van der Waals surface area contributed by atoms with E-state index in [1.165, 1.54) is 52.3 Å². The minimum atomic E-state index is -0.523. The highest BCUT2D eigenvalue weighted by molar-refractivity contribution is 9.11. The summed E-state index contributed by atoms with van der Waals surface area (Å²) in [6.07, 6.45) is 9.00. The van der Waals surface area contributed by atoms with Gasteiger partial charge in [-0.15, -0.1) is 5.06 Å². The first kappa shape index (κ1) is 34.0. The van der Waals surface area contributed by atoms with Crippen molar-refractivity contribution in [2.75, 3.05) is 57.3 Å². The molecule has 4 aromatic heterocycles. The highest BCUT2D eigenvalue weighted by Crippen LogP contribution is 2.38. The van der Waals surface area contributed by atoms with Crippen LogP contribution in [0.1, 0.15) is 12.8 Å². The van der Waals surface area contributed by atoms with Crippen molar-refractivity contribution < 1.29 is 27.8 Å². The fraction of sp³-hybridized carbons (Fsp3) is 0.448. The summed E-state index contributed by atoms with van der Waals surface area (Å²) in [5.41, 5.74) is 0. The van der Waals surface area contributed by atoms with Gasteiger partial charge in [0, 0.05) is 50.4 Å². The lowest BCUT2D eigenvalue weighted by atomic mass is 9.91. The SMILES string of the molecule is Brc1cnc(N2CC3CC(C2)N3)s1.COc1cnc(OC)c(F)c1.COc1ncc(ON2C3CC2CN(c2ncc(Br)s2)C3)cc1F. The van der Waals surface area contributed by atoms with Gasteiger partial charge in [0.15, 0.2) is 27.6 Å². The molecule has 4 unspecified atom stereocenters. The molecule has 4 aromatic rings. The molecule has 47 heavy (non-hydrogen) atoms. The van der Waals surface area contributed by atoms with Crippen LogP contribution in [-0.4, -0.2) is 96.7 Å². The third-order valence-corrected chi connectivity index (χ3v) is 11.0. The molecule has 0 aliphatic carbocycles. The van der Waals surface area contributed by atoms with E-state index in [2.05, 4.69) is 71.6 Å².